The summed E-state index contributed by atoms with van der Waals surface area (Å²) in [5.74, 6) is -0.490. The van der Waals surface area contributed by atoms with E-state index in [-0.39, 0.29) is 17.8 Å². The average Bonchev–Trinajstić information content (AvgIpc) is 2.57. The normalized spacial score (nSPS) is 18.2. The van der Waals surface area contributed by atoms with Crippen LogP contribution in [0.2, 0.25) is 0 Å². The van der Waals surface area contributed by atoms with E-state index in [9.17, 15) is 9.18 Å². The van der Waals surface area contributed by atoms with E-state index in [1.54, 1.807) is 29.2 Å². The molecule has 0 unspecified atom stereocenters. The van der Waals surface area contributed by atoms with Gasteiger partial charge < -0.3 is 0 Å². The molecule has 1 aromatic carbocycles. The van der Waals surface area contributed by atoms with E-state index >= 15 is 0 Å². The van der Waals surface area contributed by atoms with Crippen molar-refractivity contribution in [3.8, 4) is 0 Å². The Morgan fingerprint density at radius 2 is 2.06 bits per heavy atom. The van der Waals surface area contributed by atoms with Crippen molar-refractivity contribution in [2.24, 2.45) is 0 Å². The van der Waals surface area contributed by atoms with Crippen molar-refractivity contribution in [2.75, 3.05) is 0 Å². The van der Waals surface area contributed by atoms with Crippen LogP contribution >= 0.6 is 24.0 Å². The topological polar surface area (TPSA) is 20.3 Å². The summed E-state index contributed by atoms with van der Waals surface area (Å²) in [6.45, 7) is 3.80. The maximum Gasteiger partial charge on any atom is 0.266 e. The van der Waals surface area contributed by atoms with Gasteiger partial charge >= 0.3 is 0 Å². The van der Waals surface area contributed by atoms with E-state index in [0.717, 1.165) is 0 Å². The third kappa shape index (κ3) is 2.47. The van der Waals surface area contributed by atoms with Crippen LogP contribution < -0.4 is 0 Å². The molecule has 1 aliphatic heterocycles. The SMILES string of the molecule is CC(C)N1C(=O)C(=Cc2ccccc2F)SC1=S. The molecule has 1 aliphatic rings. The first-order valence-electron chi connectivity index (χ1n) is 5.52. The number of thioether (sulfide) groups is 1. The Morgan fingerprint density at radius 3 is 2.61 bits per heavy atom. The van der Waals surface area contributed by atoms with E-state index in [1.807, 2.05) is 13.8 Å². The molecule has 0 spiro atoms. The molecule has 0 radical (unpaired) electrons. The van der Waals surface area contributed by atoms with E-state index in [4.69, 9.17) is 12.2 Å². The molecule has 1 aromatic rings. The number of thiocarbonyl (C=S) groups is 1. The fourth-order valence-electron chi connectivity index (χ4n) is 1.66. The second-order valence-electron chi connectivity index (χ2n) is 4.17. The van der Waals surface area contributed by atoms with Gasteiger partial charge in [0.2, 0.25) is 0 Å². The fourth-order valence-corrected chi connectivity index (χ4v) is 3.17. The molecule has 1 fully saturated rings. The number of halogens is 1. The van der Waals surface area contributed by atoms with Gasteiger partial charge in [0.05, 0.1) is 4.91 Å². The average molecular weight is 281 g/mol. The zero-order valence-electron chi connectivity index (χ0n) is 10.0. The van der Waals surface area contributed by atoms with Crippen molar-refractivity contribution in [3.05, 3.63) is 40.6 Å². The molecule has 2 rings (SSSR count). The molecule has 0 N–H and O–H groups in total. The number of carbonyl (C=O) groups is 1. The highest BCUT2D eigenvalue weighted by Gasteiger charge is 2.33. The van der Waals surface area contributed by atoms with Gasteiger partial charge in [0.1, 0.15) is 10.1 Å². The molecule has 5 heteroatoms. The molecule has 1 saturated heterocycles. The number of hydrogen-bond donors (Lipinski definition) is 0. The molecule has 18 heavy (non-hydrogen) atoms. The van der Waals surface area contributed by atoms with Crippen LogP contribution in [0.4, 0.5) is 4.39 Å². The lowest BCUT2D eigenvalue weighted by atomic mass is 10.2. The quantitative estimate of drug-likeness (QED) is 0.612. The van der Waals surface area contributed by atoms with Gasteiger partial charge in [-0.2, -0.15) is 0 Å². The van der Waals surface area contributed by atoms with Gasteiger partial charge in [0.15, 0.2) is 0 Å². The Labute approximate surface area is 115 Å². The largest absolute Gasteiger partial charge is 0.290 e. The van der Waals surface area contributed by atoms with Crippen LogP contribution in [-0.4, -0.2) is 21.2 Å². The maximum atomic E-state index is 13.5. The summed E-state index contributed by atoms with van der Waals surface area (Å²) < 4.78 is 14.0. The van der Waals surface area contributed by atoms with Crippen molar-refractivity contribution in [1.29, 1.82) is 0 Å². The molecule has 0 atom stereocenters. The van der Waals surface area contributed by atoms with Crippen LogP contribution in [-0.2, 0) is 4.79 Å². The van der Waals surface area contributed by atoms with Crippen LogP contribution in [0.1, 0.15) is 19.4 Å². The lowest BCUT2D eigenvalue weighted by Crippen LogP contribution is -2.34. The van der Waals surface area contributed by atoms with Crippen molar-refractivity contribution in [1.82, 2.24) is 4.90 Å². The number of hydrogen-bond acceptors (Lipinski definition) is 3. The Balaban J connectivity index is 2.34. The zero-order valence-corrected chi connectivity index (χ0v) is 11.6. The molecular formula is C13H12FNOS2. The molecule has 0 bridgehead atoms. The Kier molecular flexibility index (Phi) is 3.82. The summed E-state index contributed by atoms with van der Waals surface area (Å²) in [5, 5.41) is 0. The molecule has 0 aromatic heterocycles. The molecule has 94 valence electrons. The molecule has 0 aliphatic carbocycles. The highest BCUT2D eigenvalue weighted by Crippen LogP contribution is 2.34. The second kappa shape index (κ2) is 5.20. The maximum absolute atomic E-state index is 13.5. The molecule has 1 heterocycles. The van der Waals surface area contributed by atoms with Gasteiger partial charge in [-0.3, -0.25) is 9.69 Å². The van der Waals surface area contributed by atoms with Crippen molar-refractivity contribution in [2.45, 2.75) is 19.9 Å². The van der Waals surface area contributed by atoms with Crippen molar-refractivity contribution >= 4 is 40.3 Å². The van der Waals surface area contributed by atoms with E-state index in [0.29, 0.717) is 14.8 Å². The van der Waals surface area contributed by atoms with Crippen LogP contribution in [0, 0.1) is 5.82 Å². The van der Waals surface area contributed by atoms with Gasteiger partial charge in [-0.25, -0.2) is 4.39 Å². The first-order chi connectivity index (χ1) is 8.50. The van der Waals surface area contributed by atoms with Crippen LogP contribution in [0.25, 0.3) is 6.08 Å². The van der Waals surface area contributed by atoms with Gasteiger partial charge in [-0.15, -0.1) is 0 Å². The number of rotatable bonds is 2. The van der Waals surface area contributed by atoms with Crippen LogP contribution in [0.5, 0.6) is 0 Å². The third-order valence-corrected chi connectivity index (χ3v) is 3.86. The summed E-state index contributed by atoms with van der Waals surface area (Å²) in [6.07, 6.45) is 1.55. The van der Waals surface area contributed by atoms with Gasteiger partial charge in [-0.1, -0.05) is 42.2 Å². The van der Waals surface area contributed by atoms with E-state index in [1.165, 1.54) is 17.8 Å². The number of benzene rings is 1. The van der Waals surface area contributed by atoms with E-state index in [2.05, 4.69) is 0 Å². The van der Waals surface area contributed by atoms with Crippen LogP contribution in [0.15, 0.2) is 29.2 Å². The molecule has 0 saturated carbocycles. The summed E-state index contributed by atoms with van der Waals surface area (Å²) in [7, 11) is 0. The third-order valence-electron chi connectivity index (χ3n) is 2.53. The number of nitrogens with zero attached hydrogens (tertiary/aromatic N) is 1. The standard InChI is InChI=1S/C13H12FNOS2/c1-8(2)15-12(16)11(18-13(15)17)7-9-5-3-4-6-10(9)14/h3-8H,1-2H3. The smallest absolute Gasteiger partial charge is 0.266 e. The second-order valence-corrected chi connectivity index (χ2v) is 5.84. The summed E-state index contributed by atoms with van der Waals surface area (Å²) >= 11 is 6.37. The predicted molar refractivity (Wildman–Crippen MR) is 76.5 cm³/mol. The summed E-state index contributed by atoms with van der Waals surface area (Å²) in [4.78, 5) is 14.1. The van der Waals surface area contributed by atoms with Gasteiger partial charge in [-0.05, 0) is 26.0 Å². The van der Waals surface area contributed by atoms with E-state index < -0.39 is 0 Å². The number of carbonyl (C=O) groups excluding carboxylic acids is 1. The summed E-state index contributed by atoms with van der Waals surface area (Å²) in [5.41, 5.74) is 0.404. The zero-order chi connectivity index (χ0) is 13.3. The first kappa shape index (κ1) is 13.2. The highest BCUT2D eigenvalue weighted by atomic mass is 32.2. The lowest BCUT2D eigenvalue weighted by Gasteiger charge is -2.18. The number of amides is 1. The molecular weight excluding hydrogens is 269 g/mol. The van der Waals surface area contributed by atoms with Gasteiger partial charge in [0, 0.05) is 11.6 Å². The first-order valence-corrected chi connectivity index (χ1v) is 6.75. The van der Waals surface area contributed by atoms with Crippen molar-refractivity contribution in [3.63, 3.8) is 0 Å². The highest BCUT2D eigenvalue weighted by molar-refractivity contribution is 8.26. The van der Waals surface area contributed by atoms with Crippen LogP contribution in [0.3, 0.4) is 0 Å². The minimum atomic E-state index is -0.340. The minimum Gasteiger partial charge on any atom is -0.290 e. The Bertz CT molecular complexity index is 540. The molecule has 1 amide bonds. The van der Waals surface area contributed by atoms with Gasteiger partial charge in [0.25, 0.3) is 5.91 Å². The predicted octanol–water partition coefficient (Wildman–Crippen LogP) is 3.44. The fraction of sp³-hybridized carbons (Fsp3) is 0.231. The summed E-state index contributed by atoms with van der Waals surface area (Å²) in [6, 6.07) is 6.38. The minimum absolute atomic E-state index is 0.0176. The Morgan fingerprint density at radius 1 is 1.39 bits per heavy atom. The molecule has 2 nitrogen and oxygen atoms in total. The Hall–Kier alpha value is -1.20. The lowest BCUT2D eigenvalue weighted by molar-refractivity contribution is -0.123. The monoisotopic (exact) mass is 281 g/mol. The van der Waals surface area contributed by atoms with Crippen molar-refractivity contribution < 1.29 is 9.18 Å².